The van der Waals surface area contributed by atoms with E-state index in [4.69, 9.17) is 4.74 Å². The molecule has 0 unspecified atom stereocenters. The van der Waals surface area contributed by atoms with Gasteiger partial charge in [0.15, 0.2) is 0 Å². The fourth-order valence-electron chi connectivity index (χ4n) is 2.49. The van der Waals surface area contributed by atoms with E-state index in [1.54, 1.807) is 7.11 Å². The fraction of sp³-hybridized carbons (Fsp3) is 0.316. The number of anilines is 1. The first-order chi connectivity index (χ1) is 11.2. The molecule has 0 radical (unpaired) electrons. The van der Waals surface area contributed by atoms with Gasteiger partial charge in [-0.15, -0.1) is 0 Å². The molecule has 2 aromatic rings. The molecule has 0 aromatic heterocycles. The number of para-hydroxylation sites is 1. The molecule has 0 bridgehead atoms. The third kappa shape index (κ3) is 3.83. The van der Waals surface area contributed by atoms with E-state index in [-0.39, 0.29) is 5.91 Å². The Labute approximate surface area is 136 Å². The van der Waals surface area contributed by atoms with Gasteiger partial charge in [0, 0.05) is 29.4 Å². The molecular formula is C19H22N2O2. The molecule has 23 heavy (non-hydrogen) atoms. The monoisotopic (exact) mass is 310 g/mol. The van der Waals surface area contributed by atoms with E-state index in [1.807, 2.05) is 49.4 Å². The average molecular weight is 310 g/mol. The van der Waals surface area contributed by atoms with E-state index in [0.29, 0.717) is 18.2 Å². The number of amides is 1. The summed E-state index contributed by atoms with van der Waals surface area (Å²) in [5.41, 5.74) is 3.87. The van der Waals surface area contributed by atoms with Crippen molar-refractivity contribution in [3.8, 4) is 5.75 Å². The predicted octanol–water partition coefficient (Wildman–Crippen LogP) is 3.51. The van der Waals surface area contributed by atoms with Gasteiger partial charge < -0.3 is 15.4 Å². The number of carbonyl (C=O) groups is 1. The largest absolute Gasteiger partial charge is 0.496 e. The Kier molecular flexibility index (Phi) is 4.51. The van der Waals surface area contributed by atoms with Crippen LogP contribution in [0.2, 0.25) is 0 Å². The van der Waals surface area contributed by atoms with Crippen molar-refractivity contribution in [3.05, 3.63) is 59.2 Å². The zero-order valence-corrected chi connectivity index (χ0v) is 13.6. The molecular weight excluding hydrogens is 288 g/mol. The Morgan fingerprint density at radius 2 is 2.00 bits per heavy atom. The van der Waals surface area contributed by atoms with Gasteiger partial charge in [-0.1, -0.05) is 24.3 Å². The maximum absolute atomic E-state index is 12.2. The molecule has 3 rings (SSSR count). The molecule has 1 saturated carbocycles. The minimum absolute atomic E-state index is 0.00726. The molecule has 1 aliphatic rings. The number of nitrogens with one attached hydrogen (secondary N) is 2. The van der Waals surface area contributed by atoms with Gasteiger partial charge in [0.1, 0.15) is 5.75 Å². The van der Waals surface area contributed by atoms with E-state index < -0.39 is 0 Å². The highest BCUT2D eigenvalue weighted by Crippen LogP contribution is 2.23. The summed E-state index contributed by atoms with van der Waals surface area (Å²) in [5.74, 6) is 0.869. The molecule has 0 saturated heterocycles. The van der Waals surface area contributed by atoms with Gasteiger partial charge in [0.2, 0.25) is 0 Å². The standard InChI is InChI=1S/C19H22N2O2/c1-13-7-8-14(19(22)21-16-9-10-16)11-17(13)20-12-15-5-3-4-6-18(15)23-2/h3-8,11,16,20H,9-10,12H2,1-2H3,(H,21,22). The van der Waals surface area contributed by atoms with Gasteiger partial charge in [0.25, 0.3) is 5.91 Å². The summed E-state index contributed by atoms with van der Waals surface area (Å²) < 4.78 is 5.37. The van der Waals surface area contributed by atoms with Crippen molar-refractivity contribution in [2.45, 2.75) is 32.4 Å². The van der Waals surface area contributed by atoms with Crippen LogP contribution in [0.15, 0.2) is 42.5 Å². The number of ether oxygens (including phenoxy) is 1. The summed E-state index contributed by atoms with van der Waals surface area (Å²) >= 11 is 0. The third-order valence-electron chi connectivity index (χ3n) is 4.07. The second-order valence-corrected chi connectivity index (χ2v) is 5.94. The minimum Gasteiger partial charge on any atom is -0.496 e. The Morgan fingerprint density at radius 3 is 2.74 bits per heavy atom. The van der Waals surface area contributed by atoms with Crippen molar-refractivity contribution in [1.82, 2.24) is 5.32 Å². The normalized spacial score (nSPS) is 13.5. The number of carbonyl (C=O) groups excluding carboxylic acids is 1. The van der Waals surface area contributed by atoms with Crippen LogP contribution in [-0.4, -0.2) is 19.1 Å². The van der Waals surface area contributed by atoms with Crippen LogP contribution in [0, 0.1) is 6.92 Å². The summed E-state index contributed by atoms with van der Waals surface area (Å²) in [6, 6.07) is 14.1. The summed E-state index contributed by atoms with van der Waals surface area (Å²) in [7, 11) is 1.67. The molecule has 2 aromatic carbocycles. The number of aryl methyl sites for hydroxylation is 1. The molecule has 0 heterocycles. The highest BCUT2D eigenvalue weighted by atomic mass is 16.5. The first kappa shape index (κ1) is 15.4. The lowest BCUT2D eigenvalue weighted by molar-refractivity contribution is 0.0951. The lowest BCUT2D eigenvalue weighted by Crippen LogP contribution is -2.25. The van der Waals surface area contributed by atoms with Crippen LogP contribution in [0.25, 0.3) is 0 Å². The topological polar surface area (TPSA) is 50.4 Å². The summed E-state index contributed by atoms with van der Waals surface area (Å²) in [4.78, 5) is 12.2. The van der Waals surface area contributed by atoms with Gasteiger partial charge in [0.05, 0.1) is 7.11 Å². The lowest BCUT2D eigenvalue weighted by Gasteiger charge is -2.13. The Balaban J connectivity index is 1.72. The van der Waals surface area contributed by atoms with Crippen LogP contribution in [-0.2, 0) is 6.54 Å². The van der Waals surface area contributed by atoms with Crippen LogP contribution in [0.4, 0.5) is 5.69 Å². The average Bonchev–Trinajstić information content (AvgIpc) is 3.38. The highest BCUT2D eigenvalue weighted by Gasteiger charge is 2.23. The molecule has 1 aliphatic carbocycles. The van der Waals surface area contributed by atoms with Crippen molar-refractivity contribution in [2.75, 3.05) is 12.4 Å². The SMILES string of the molecule is COc1ccccc1CNc1cc(C(=O)NC2CC2)ccc1C. The molecule has 2 N–H and O–H groups in total. The van der Waals surface area contributed by atoms with E-state index >= 15 is 0 Å². The van der Waals surface area contributed by atoms with Gasteiger partial charge in [-0.2, -0.15) is 0 Å². The van der Waals surface area contributed by atoms with Crippen LogP contribution < -0.4 is 15.4 Å². The van der Waals surface area contributed by atoms with Crippen molar-refractivity contribution < 1.29 is 9.53 Å². The van der Waals surface area contributed by atoms with Gasteiger partial charge in [-0.3, -0.25) is 4.79 Å². The van der Waals surface area contributed by atoms with Crippen LogP contribution in [0.3, 0.4) is 0 Å². The number of benzene rings is 2. The van der Waals surface area contributed by atoms with E-state index in [2.05, 4.69) is 10.6 Å². The van der Waals surface area contributed by atoms with E-state index in [9.17, 15) is 4.79 Å². The van der Waals surface area contributed by atoms with Gasteiger partial charge in [-0.25, -0.2) is 0 Å². The maximum Gasteiger partial charge on any atom is 0.251 e. The van der Waals surface area contributed by atoms with Crippen LogP contribution in [0.5, 0.6) is 5.75 Å². The van der Waals surface area contributed by atoms with Crippen molar-refractivity contribution in [1.29, 1.82) is 0 Å². The first-order valence-corrected chi connectivity index (χ1v) is 7.94. The minimum atomic E-state index is 0.00726. The van der Waals surface area contributed by atoms with Crippen LogP contribution >= 0.6 is 0 Å². The van der Waals surface area contributed by atoms with Crippen molar-refractivity contribution in [3.63, 3.8) is 0 Å². The predicted molar refractivity (Wildman–Crippen MR) is 92.0 cm³/mol. The Morgan fingerprint density at radius 1 is 1.22 bits per heavy atom. The molecule has 1 amide bonds. The second-order valence-electron chi connectivity index (χ2n) is 5.94. The number of methoxy groups -OCH3 is 1. The molecule has 120 valence electrons. The quantitative estimate of drug-likeness (QED) is 0.858. The van der Waals surface area contributed by atoms with Crippen molar-refractivity contribution in [2.24, 2.45) is 0 Å². The highest BCUT2D eigenvalue weighted by molar-refractivity contribution is 5.95. The van der Waals surface area contributed by atoms with Crippen LogP contribution in [0.1, 0.15) is 34.3 Å². The molecule has 4 heteroatoms. The lowest BCUT2D eigenvalue weighted by atomic mass is 10.1. The van der Waals surface area contributed by atoms with Gasteiger partial charge in [-0.05, 0) is 43.5 Å². The van der Waals surface area contributed by atoms with E-state index in [0.717, 1.165) is 35.4 Å². The van der Waals surface area contributed by atoms with Gasteiger partial charge >= 0.3 is 0 Å². The first-order valence-electron chi connectivity index (χ1n) is 7.94. The number of hydrogen-bond acceptors (Lipinski definition) is 3. The molecule has 4 nitrogen and oxygen atoms in total. The zero-order valence-electron chi connectivity index (χ0n) is 13.6. The Hall–Kier alpha value is -2.49. The number of hydrogen-bond donors (Lipinski definition) is 2. The summed E-state index contributed by atoms with van der Waals surface area (Å²) in [5, 5.41) is 6.43. The number of rotatable bonds is 6. The molecule has 0 aliphatic heterocycles. The molecule has 1 fully saturated rings. The van der Waals surface area contributed by atoms with Crippen molar-refractivity contribution >= 4 is 11.6 Å². The second kappa shape index (κ2) is 6.73. The summed E-state index contributed by atoms with van der Waals surface area (Å²) in [6.45, 7) is 2.69. The summed E-state index contributed by atoms with van der Waals surface area (Å²) in [6.07, 6.45) is 2.19. The maximum atomic E-state index is 12.2. The smallest absolute Gasteiger partial charge is 0.251 e. The Bertz CT molecular complexity index is 708. The third-order valence-corrected chi connectivity index (χ3v) is 4.07. The fourth-order valence-corrected chi connectivity index (χ4v) is 2.49. The molecule has 0 atom stereocenters. The molecule has 0 spiro atoms. The van der Waals surface area contributed by atoms with E-state index in [1.165, 1.54) is 0 Å². The zero-order chi connectivity index (χ0) is 16.2.